The van der Waals surface area contributed by atoms with E-state index in [-0.39, 0.29) is 24.3 Å². The summed E-state index contributed by atoms with van der Waals surface area (Å²) in [6, 6.07) is 0. The molecule has 246 valence electrons. The molecular weight excluding hydrogens is 532 g/mol. The third-order valence-electron chi connectivity index (χ3n) is 9.14. The number of aliphatic hydroxyl groups excluding tert-OH is 4. The van der Waals surface area contributed by atoms with Gasteiger partial charge in [-0.05, 0) is 57.9 Å². The Morgan fingerprint density at radius 3 is 1.93 bits per heavy atom. The van der Waals surface area contributed by atoms with Crippen LogP contribution in [0.15, 0.2) is 11.6 Å². The maximum Gasteiger partial charge on any atom is 0.334 e. The number of hydrogen-bond acceptors (Lipinski definition) is 7. The third kappa shape index (κ3) is 16.2. The molecule has 0 aromatic heterocycles. The van der Waals surface area contributed by atoms with Crippen LogP contribution in [0.1, 0.15) is 162 Å². The van der Waals surface area contributed by atoms with E-state index in [0.717, 1.165) is 64.2 Å². The largest absolute Gasteiger partial charge is 0.455 e. The van der Waals surface area contributed by atoms with Crippen LogP contribution in [-0.2, 0) is 14.3 Å². The van der Waals surface area contributed by atoms with Gasteiger partial charge in [0.1, 0.15) is 6.10 Å². The number of ether oxygens (including phenoxy) is 2. The second-order valence-corrected chi connectivity index (χ2v) is 13.1. The van der Waals surface area contributed by atoms with Gasteiger partial charge in [0.15, 0.2) is 0 Å². The summed E-state index contributed by atoms with van der Waals surface area (Å²) < 4.78 is 11.2. The van der Waals surface area contributed by atoms with Crippen molar-refractivity contribution in [3.05, 3.63) is 11.6 Å². The highest BCUT2D eigenvalue weighted by atomic mass is 16.5. The lowest BCUT2D eigenvalue weighted by Gasteiger charge is -2.22. The van der Waals surface area contributed by atoms with Gasteiger partial charge in [-0.3, -0.25) is 0 Å². The molecule has 7 nitrogen and oxygen atoms in total. The van der Waals surface area contributed by atoms with Gasteiger partial charge in [0.2, 0.25) is 0 Å². The number of carbonyl (C=O) groups excluding carboxylic acids is 1. The van der Waals surface area contributed by atoms with Crippen molar-refractivity contribution in [3.63, 3.8) is 0 Å². The average molecular weight is 597 g/mol. The molecule has 1 fully saturated rings. The van der Waals surface area contributed by atoms with Crippen molar-refractivity contribution in [2.45, 2.75) is 204 Å². The second kappa shape index (κ2) is 22.5. The molecule has 0 unspecified atom stereocenters. The highest BCUT2D eigenvalue weighted by Gasteiger charge is 2.31. The number of unbranched alkanes of at least 4 members (excludes halogenated alkanes) is 13. The SMILES string of the molecule is CCCCCCCCCCCC[C@H](O)[C@@H](O)CC[C@H](O)[C@@H]1CC[C@@H](CCCCCCC[C@@H](O)CC2=C[C@H](C)OC2=O)O1. The maximum absolute atomic E-state index is 11.7. The van der Waals surface area contributed by atoms with Crippen LogP contribution in [0.3, 0.4) is 0 Å². The lowest BCUT2D eigenvalue weighted by molar-refractivity contribution is -0.139. The summed E-state index contributed by atoms with van der Waals surface area (Å²) in [5, 5.41) is 41.6. The molecule has 2 heterocycles. The minimum absolute atomic E-state index is 0.168. The smallest absolute Gasteiger partial charge is 0.334 e. The first-order valence-electron chi connectivity index (χ1n) is 17.6. The third-order valence-corrected chi connectivity index (χ3v) is 9.14. The van der Waals surface area contributed by atoms with Crippen LogP contribution in [0.25, 0.3) is 0 Å². The molecule has 0 amide bonds. The van der Waals surface area contributed by atoms with Crippen molar-refractivity contribution in [3.8, 4) is 0 Å². The highest BCUT2D eigenvalue weighted by Crippen LogP contribution is 2.28. The highest BCUT2D eigenvalue weighted by molar-refractivity contribution is 5.90. The quantitative estimate of drug-likeness (QED) is 0.0624. The molecule has 0 aromatic carbocycles. The van der Waals surface area contributed by atoms with Crippen molar-refractivity contribution in [1.82, 2.24) is 0 Å². The fraction of sp³-hybridized carbons (Fsp3) is 0.914. The molecule has 4 N–H and O–H groups in total. The summed E-state index contributed by atoms with van der Waals surface area (Å²) in [7, 11) is 0. The van der Waals surface area contributed by atoms with Crippen LogP contribution in [-0.4, -0.2) is 69.1 Å². The van der Waals surface area contributed by atoms with Gasteiger partial charge >= 0.3 is 5.97 Å². The molecule has 7 heteroatoms. The Kier molecular flexibility index (Phi) is 19.9. The Hall–Kier alpha value is -0.990. The van der Waals surface area contributed by atoms with Crippen LogP contribution >= 0.6 is 0 Å². The summed E-state index contributed by atoms with van der Waals surface area (Å²) in [6.07, 6.45) is 22.4. The van der Waals surface area contributed by atoms with Crippen molar-refractivity contribution in [2.75, 3.05) is 0 Å². The maximum atomic E-state index is 11.7. The number of esters is 1. The van der Waals surface area contributed by atoms with Gasteiger partial charge in [-0.25, -0.2) is 4.79 Å². The topological polar surface area (TPSA) is 116 Å². The zero-order valence-electron chi connectivity index (χ0n) is 26.9. The van der Waals surface area contributed by atoms with Gasteiger partial charge < -0.3 is 29.9 Å². The Morgan fingerprint density at radius 1 is 0.738 bits per heavy atom. The van der Waals surface area contributed by atoms with E-state index in [1.807, 2.05) is 6.92 Å². The van der Waals surface area contributed by atoms with Crippen molar-refractivity contribution >= 4 is 5.97 Å². The first-order valence-corrected chi connectivity index (χ1v) is 17.6. The van der Waals surface area contributed by atoms with Crippen molar-refractivity contribution in [1.29, 1.82) is 0 Å². The Morgan fingerprint density at radius 2 is 1.31 bits per heavy atom. The van der Waals surface area contributed by atoms with Crippen LogP contribution in [0, 0.1) is 0 Å². The molecule has 0 bridgehead atoms. The Bertz CT molecular complexity index is 726. The van der Waals surface area contributed by atoms with Crippen LogP contribution in [0.5, 0.6) is 0 Å². The van der Waals surface area contributed by atoms with Gasteiger partial charge in [-0.15, -0.1) is 0 Å². The molecule has 0 spiro atoms. The lowest BCUT2D eigenvalue weighted by Crippen LogP contribution is -2.31. The first-order chi connectivity index (χ1) is 20.3. The molecule has 0 radical (unpaired) electrons. The number of hydrogen-bond donors (Lipinski definition) is 4. The summed E-state index contributed by atoms with van der Waals surface area (Å²) in [5.41, 5.74) is 0.600. The van der Waals surface area contributed by atoms with Crippen molar-refractivity contribution < 1.29 is 34.7 Å². The minimum atomic E-state index is -0.781. The van der Waals surface area contributed by atoms with E-state index in [1.54, 1.807) is 6.08 Å². The van der Waals surface area contributed by atoms with E-state index >= 15 is 0 Å². The van der Waals surface area contributed by atoms with Gasteiger partial charge in [0, 0.05) is 12.0 Å². The van der Waals surface area contributed by atoms with Crippen molar-refractivity contribution in [2.24, 2.45) is 0 Å². The molecule has 0 aromatic rings. The van der Waals surface area contributed by atoms with E-state index in [9.17, 15) is 25.2 Å². The van der Waals surface area contributed by atoms with E-state index in [4.69, 9.17) is 9.47 Å². The van der Waals surface area contributed by atoms with Crippen LogP contribution < -0.4 is 0 Å². The van der Waals surface area contributed by atoms with E-state index in [1.165, 1.54) is 51.4 Å². The van der Waals surface area contributed by atoms with E-state index < -0.39 is 24.4 Å². The standard InChI is InChI=1S/C35H64O7/c1-3-4-5-6-7-8-9-10-14-17-20-31(37)32(38)22-23-33(39)34-24-21-30(42-34)19-16-13-11-12-15-18-29(36)26-28-25-27(2)41-35(28)40/h25,27,29-34,36-39H,3-24,26H2,1-2H3/t27-,29+,30+,31-,32-,33-,34-/m0/s1. The molecule has 0 aliphatic carbocycles. The zero-order valence-corrected chi connectivity index (χ0v) is 26.9. The summed E-state index contributed by atoms with van der Waals surface area (Å²) in [4.78, 5) is 11.7. The molecular formula is C35H64O7. The summed E-state index contributed by atoms with van der Waals surface area (Å²) >= 11 is 0. The number of carbonyl (C=O) groups is 1. The number of rotatable bonds is 26. The van der Waals surface area contributed by atoms with Crippen LogP contribution in [0.2, 0.25) is 0 Å². The van der Waals surface area contributed by atoms with Gasteiger partial charge in [-0.1, -0.05) is 103 Å². The Labute approximate surface area is 256 Å². The molecule has 7 atom stereocenters. The predicted octanol–water partition coefficient (Wildman–Crippen LogP) is 7.06. The van der Waals surface area contributed by atoms with E-state index in [0.29, 0.717) is 37.7 Å². The molecule has 42 heavy (non-hydrogen) atoms. The lowest BCUT2D eigenvalue weighted by atomic mass is 9.97. The fourth-order valence-electron chi connectivity index (χ4n) is 6.40. The second-order valence-electron chi connectivity index (χ2n) is 13.1. The van der Waals surface area contributed by atoms with Gasteiger partial charge in [0.05, 0.1) is 36.6 Å². The Balaban J connectivity index is 1.42. The zero-order chi connectivity index (χ0) is 30.6. The number of aliphatic hydroxyl groups is 4. The summed E-state index contributed by atoms with van der Waals surface area (Å²) in [5.74, 6) is -0.295. The monoisotopic (exact) mass is 596 g/mol. The average Bonchev–Trinajstić information content (AvgIpc) is 3.57. The normalized spacial score (nSPS) is 23.5. The molecule has 1 saturated heterocycles. The predicted molar refractivity (Wildman–Crippen MR) is 168 cm³/mol. The number of cyclic esters (lactones) is 1. The molecule has 2 rings (SSSR count). The van der Waals surface area contributed by atoms with Gasteiger partial charge in [0.25, 0.3) is 0 Å². The minimum Gasteiger partial charge on any atom is -0.455 e. The van der Waals surface area contributed by atoms with Gasteiger partial charge in [-0.2, -0.15) is 0 Å². The summed E-state index contributed by atoms with van der Waals surface area (Å²) in [6.45, 7) is 4.07. The first kappa shape index (κ1) is 37.2. The van der Waals surface area contributed by atoms with E-state index in [2.05, 4.69) is 6.92 Å². The molecule has 0 saturated carbocycles. The fourth-order valence-corrected chi connectivity index (χ4v) is 6.40. The molecule has 2 aliphatic heterocycles. The molecule has 2 aliphatic rings. The van der Waals surface area contributed by atoms with Crippen LogP contribution in [0.4, 0.5) is 0 Å².